The average molecular weight is 1000 g/mol. The Bertz CT molecular complexity index is 1100. The van der Waals surface area contributed by atoms with E-state index < -0.39 is 6.10 Å². The van der Waals surface area contributed by atoms with Crippen molar-refractivity contribution in [3.05, 3.63) is 12.2 Å². The van der Waals surface area contributed by atoms with Crippen LogP contribution in [0.25, 0.3) is 0 Å². The van der Waals surface area contributed by atoms with E-state index in [1.54, 1.807) is 0 Å². The standard InChI is InChI=1S/C65H124O6/c1-4-7-10-13-16-19-22-24-26-28-29-30-31-32-33-34-35-36-37-39-40-43-46-49-52-55-58-64(67)70-61-62(60-69-63(66)57-54-51-48-45-42-21-18-15-12-9-6-3)71-65(68)59-56-53-50-47-44-41-38-27-25-23-20-17-14-11-8-5-2/h15,18,62H,4-14,16-17,19-61H2,1-3H3/b18-15-. The van der Waals surface area contributed by atoms with Gasteiger partial charge in [-0.1, -0.05) is 322 Å². The van der Waals surface area contributed by atoms with Crippen molar-refractivity contribution in [3.8, 4) is 0 Å². The molecule has 0 radical (unpaired) electrons. The van der Waals surface area contributed by atoms with E-state index in [2.05, 4.69) is 32.9 Å². The summed E-state index contributed by atoms with van der Waals surface area (Å²) in [5, 5.41) is 0. The maximum atomic E-state index is 12.9. The first-order valence-corrected chi connectivity index (χ1v) is 32.2. The Morgan fingerprint density at radius 3 is 0.746 bits per heavy atom. The quantitative estimate of drug-likeness (QED) is 0.0261. The molecule has 0 amide bonds. The van der Waals surface area contributed by atoms with Crippen LogP contribution in [0.1, 0.15) is 367 Å². The predicted octanol–water partition coefficient (Wildman–Crippen LogP) is 21.7. The first kappa shape index (κ1) is 69.2. The van der Waals surface area contributed by atoms with Crippen LogP contribution in [0, 0.1) is 0 Å². The largest absolute Gasteiger partial charge is 0.462 e. The van der Waals surface area contributed by atoms with E-state index >= 15 is 0 Å². The minimum Gasteiger partial charge on any atom is -0.462 e. The van der Waals surface area contributed by atoms with Crippen LogP contribution < -0.4 is 0 Å². The van der Waals surface area contributed by atoms with Crippen LogP contribution in [0.3, 0.4) is 0 Å². The van der Waals surface area contributed by atoms with Crippen LogP contribution in [-0.4, -0.2) is 37.2 Å². The first-order valence-electron chi connectivity index (χ1n) is 32.2. The molecule has 0 spiro atoms. The lowest BCUT2D eigenvalue weighted by Gasteiger charge is -2.18. The van der Waals surface area contributed by atoms with Crippen LogP contribution >= 0.6 is 0 Å². The molecule has 0 rings (SSSR count). The van der Waals surface area contributed by atoms with Crippen molar-refractivity contribution in [1.29, 1.82) is 0 Å². The molecule has 6 nitrogen and oxygen atoms in total. The number of unbranched alkanes of at least 4 members (excludes halogenated alkanes) is 47. The Labute approximate surface area is 443 Å². The molecule has 0 heterocycles. The SMILES string of the molecule is CCCC/C=C\CCCCCCCC(=O)OCC(COC(=O)CCCCCCCCCCCCCCCCCCCCCCCCCCCC)OC(=O)CCCCCCCCCCCCCCCCCC. The summed E-state index contributed by atoms with van der Waals surface area (Å²) >= 11 is 0. The number of esters is 3. The molecule has 0 aliphatic heterocycles. The lowest BCUT2D eigenvalue weighted by atomic mass is 10.0. The molecule has 0 aromatic heterocycles. The highest BCUT2D eigenvalue weighted by Crippen LogP contribution is 2.18. The lowest BCUT2D eigenvalue weighted by molar-refractivity contribution is -0.167. The Morgan fingerprint density at radius 1 is 0.268 bits per heavy atom. The highest BCUT2D eigenvalue weighted by atomic mass is 16.6. The van der Waals surface area contributed by atoms with Gasteiger partial charge in [-0.25, -0.2) is 0 Å². The second kappa shape index (κ2) is 60.7. The summed E-state index contributed by atoms with van der Waals surface area (Å²) in [4.78, 5) is 38.2. The molecule has 0 aromatic carbocycles. The normalized spacial score (nSPS) is 12.0. The summed E-state index contributed by atoms with van der Waals surface area (Å²) in [6, 6.07) is 0. The van der Waals surface area contributed by atoms with E-state index in [-0.39, 0.29) is 31.1 Å². The van der Waals surface area contributed by atoms with Crippen molar-refractivity contribution >= 4 is 17.9 Å². The van der Waals surface area contributed by atoms with Crippen LogP contribution in [0.15, 0.2) is 12.2 Å². The molecular formula is C65H124O6. The molecule has 6 heteroatoms. The number of allylic oxidation sites excluding steroid dienone is 2. The first-order chi connectivity index (χ1) is 35.0. The zero-order valence-corrected chi connectivity index (χ0v) is 48.3. The second-order valence-corrected chi connectivity index (χ2v) is 22.0. The van der Waals surface area contributed by atoms with Gasteiger partial charge >= 0.3 is 17.9 Å². The third-order valence-corrected chi connectivity index (χ3v) is 14.8. The summed E-state index contributed by atoms with van der Waals surface area (Å²) in [6.07, 6.45) is 70.9. The van der Waals surface area contributed by atoms with Crippen molar-refractivity contribution in [2.45, 2.75) is 374 Å². The molecule has 1 atom stereocenters. The van der Waals surface area contributed by atoms with E-state index in [1.165, 1.54) is 263 Å². The summed E-state index contributed by atoms with van der Waals surface area (Å²) in [6.45, 7) is 6.67. The molecule has 71 heavy (non-hydrogen) atoms. The van der Waals surface area contributed by atoms with E-state index in [9.17, 15) is 14.4 Å². The van der Waals surface area contributed by atoms with Crippen LogP contribution in [0.5, 0.6) is 0 Å². The van der Waals surface area contributed by atoms with Gasteiger partial charge in [0.25, 0.3) is 0 Å². The fourth-order valence-corrected chi connectivity index (χ4v) is 9.90. The van der Waals surface area contributed by atoms with Crippen LogP contribution in [-0.2, 0) is 28.6 Å². The minimum absolute atomic E-state index is 0.0663. The fourth-order valence-electron chi connectivity index (χ4n) is 9.90. The molecule has 0 aliphatic rings. The predicted molar refractivity (Wildman–Crippen MR) is 307 cm³/mol. The molecular weight excluding hydrogens is 877 g/mol. The van der Waals surface area contributed by atoms with Gasteiger partial charge < -0.3 is 14.2 Å². The van der Waals surface area contributed by atoms with Crippen LogP contribution in [0.2, 0.25) is 0 Å². The monoisotopic (exact) mass is 1000 g/mol. The highest BCUT2D eigenvalue weighted by molar-refractivity contribution is 5.71. The van der Waals surface area contributed by atoms with E-state index in [0.29, 0.717) is 19.3 Å². The second-order valence-electron chi connectivity index (χ2n) is 22.0. The van der Waals surface area contributed by atoms with Gasteiger partial charge in [-0.2, -0.15) is 0 Å². The molecule has 0 aliphatic carbocycles. The summed E-state index contributed by atoms with van der Waals surface area (Å²) in [5.74, 6) is -0.848. The van der Waals surface area contributed by atoms with Gasteiger partial charge in [0, 0.05) is 19.3 Å². The Hall–Kier alpha value is -1.85. The van der Waals surface area contributed by atoms with E-state index in [4.69, 9.17) is 14.2 Å². The van der Waals surface area contributed by atoms with E-state index in [1.807, 2.05) is 0 Å². The third kappa shape index (κ3) is 58.9. The summed E-state index contributed by atoms with van der Waals surface area (Å²) < 4.78 is 16.9. The zero-order chi connectivity index (χ0) is 51.4. The van der Waals surface area contributed by atoms with E-state index in [0.717, 1.165) is 64.2 Å². The van der Waals surface area contributed by atoms with Crippen molar-refractivity contribution in [1.82, 2.24) is 0 Å². The van der Waals surface area contributed by atoms with Crippen molar-refractivity contribution < 1.29 is 28.6 Å². The van der Waals surface area contributed by atoms with Gasteiger partial charge in [-0.3, -0.25) is 14.4 Å². The van der Waals surface area contributed by atoms with Gasteiger partial charge in [0.05, 0.1) is 0 Å². The summed E-state index contributed by atoms with van der Waals surface area (Å²) in [7, 11) is 0. The molecule has 0 fully saturated rings. The minimum atomic E-state index is -0.768. The number of hydrogen-bond donors (Lipinski definition) is 0. The molecule has 420 valence electrons. The smallest absolute Gasteiger partial charge is 0.306 e. The van der Waals surface area contributed by atoms with Gasteiger partial charge in [0.1, 0.15) is 13.2 Å². The number of carbonyl (C=O) groups excluding carboxylic acids is 3. The van der Waals surface area contributed by atoms with Gasteiger partial charge in [0.15, 0.2) is 6.10 Å². The molecule has 0 bridgehead atoms. The molecule has 0 aromatic rings. The Morgan fingerprint density at radius 2 is 0.479 bits per heavy atom. The maximum absolute atomic E-state index is 12.9. The Kier molecular flexibility index (Phi) is 59.1. The Balaban J connectivity index is 4.14. The number of rotatable bonds is 60. The molecule has 0 saturated carbocycles. The average Bonchev–Trinajstić information content (AvgIpc) is 3.37. The maximum Gasteiger partial charge on any atom is 0.306 e. The highest BCUT2D eigenvalue weighted by Gasteiger charge is 2.19. The topological polar surface area (TPSA) is 78.9 Å². The van der Waals surface area contributed by atoms with Crippen molar-refractivity contribution in [2.75, 3.05) is 13.2 Å². The third-order valence-electron chi connectivity index (χ3n) is 14.8. The molecule has 1 unspecified atom stereocenters. The lowest BCUT2D eigenvalue weighted by Crippen LogP contribution is -2.30. The van der Waals surface area contributed by atoms with Crippen molar-refractivity contribution in [2.24, 2.45) is 0 Å². The number of hydrogen-bond acceptors (Lipinski definition) is 6. The van der Waals surface area contributed by atoms with Gasteiger partial charge in [-0.05, 0) is 38.5 Å². The van der Waals surface area contributed by atoms with Crippen LogP contribution in [0.4, 0.5) is 0 Å². The number of ether oxygens (including phenoxy) is 3. The van der Waals surface area contributed by atoms with Gasteiger partial charge in [0.2, 0.25) is 0 Å². The molecule has 0 saturated heterocycles. The number of carbonyl (C=O) groups is 3. The van der Waals surface area contributed by atoms with Crippen molar-refractivity contribution in [3.63, 3.8) is 0 Å². The van der Waals surface area contributed by atoms with Gasteiger partial charge in [-0.15, -0.1) is 0 Å². The molecule has 0 N–H and O–H groups in total. The zero-order valence-electron chi connectivity index (χ0n) is 48.3. The summed E-state index contributed by atoms with van der Waals surface area (Å²) in [5.41, 5.74) is 0. The fraction of sp³-hybridized carbons (Fsp3) is 0.923.